The van der Waals surface area contributed by atoms with Gasteiger partial charge in [0, 0.05) is 18.1 Å². The fourth-order valence-corrected chi connectivity index (χ4v) is 2.44. The Bertz CT molecular complexity index is 1010. The number of aromatic nitrogens is 2. The summed E-state index contributed by atoms with van der Waals surface area (Å²) in [5, 5.41) is 9.01. The number of ether oxygens (including phenoxy) is 1. The molecule has 0 aliphatic rings. The number of carbonyl (C=O) groups excluding carboxylic acids is 2. The first-order valence-electron chi connectivity index (χ1n) is 8.87. The Morgan fingerprint density at radius 3 is 2.69 bits per heavy atom. The first-order valence-corrected chi connectivity index (χ1v) is 8.87. The van der Waals surface area contributed by atoms with Gasteiger partial charge in [-0.25, -0.2) is 9.18 Å². The monoisotopic (exact) mass is 400 g/mol. The third kappa shape index (κ3) is 5.68. The van der Waals surface area contributed by atoms with Gasteiger partial charge in [-0.1, -0.05) is 0 Å². The molecule has 0 radical (unpaired) electrons. The smallest absolute Gasteiger partial charge is 0.412 e. The van der Waals surface area contributed by atoms with Gasteiger partial charge in [0.2, 0.25) is 0 Å². The van der Waals surface area contributed by atoms with E-state index in [9.17, 15) is 14.0 Å². The number of nitrogens with one attached hydrogen (secondary N) is 2. The first kappa shape index (κ1) is 20.1. The third-order valence-electron chi connectivity index (χ3n) is 3.62. The van der Waals surface area contributed by atoms with Crippen LogP contribution < -0.4 is 10.6 Å². The molecule has 0 aliphatic carbocycles. The number of anilines is 2. The molecule has 0 saturated heterocycles. The number of benzene rings is 1. The van der Waals surface area contributed by atoms with Crippen molar-refractivity contribution in [2.45, 2.75) is 32.9 Å². The van der Waals surface area contributed by atoms with Gasteiger partial charge in [0.15, 0.2) is 5.76 Å². The van der Waals surface area contributed by atoms with Gasteiger partial charge >= 0.3 is 6.09 Å². The lowest BCUT2D eigenvalue weighted by Gasteiger charge is -2.20. The maximum atomic E-state index is 14.0. The van der Waals surface area contributed by atoms with E-state index in [1.807, 2.05) is 0 Å². The van der Waals surface area contributed by atoms with E-state index in [2.05, 4.69) is 15.7 Å². The van der Waals surface area contributed by atoms with Gasteiger partial charge in [0.1, 0.15) is 17.2 Å². The van der Waals surface area contributed by atoms with E-state index in [0.717, 1.165) is 6.07 Å². The molecule has 9 heteroatoms. The van der Waals surface area contributed by atoms with Crippen LogP contribution in [0.1, 0.15) is 37.1 Å². The van der Waals surface area contributed by atoms with Crippen LogP contribution in [-0.2, 0) is 11.3 Å². The van der Waals surface area contributed by atoms with Crippen LogP contribution in [0, 0.1) is 5.82 Å². The van der Waals surface area contributed by atoms with E-state index in [4.69, 9.17) is 9.15 Å². The van der Waals surface area contributed by atoms with Crippen LogP contribution in [0.25, 0.3) is 0 Å². The van der Waals surface area contributed by atoms with Crippen LogP contribution in [-0.4, -0.2) is 27.4 Å². The Kier molecular flexibility index (Phi) is 5.67. The lowest BCUT2D eigenvalue weighted by atomic mass is 10.2. The standard InChI is InChI=1S/C20H21FN4O4/c1-20(2,3)29-19(27)24-16-11-13(5-7-15(16)21)23-18(26)17-8-6-14(28-17)12-25-10-4-9-22-25/h4-11H,12H2,1-3H3,(H,23,26)(H,24,27). The van der Waals surface area contributed by atoms with Crippen LogP contribution in [0.4, 0.5) is 20.6 Å². The number of furan rings is 1. The summed E-state index contributed by atoms with van der Waals surface area (Å²) in [6, 6.07) is 8.81. The molecule has 29 heavy (non-hydrogen) atoms. The Labute approximate surface area is 166 Å². The Hall–Kier alpha value is -3.62. The van der Waals surface area contributed by atoms with Crippen LogP contribution in [0.5, 0.6) is 0 Å². The van der Waals surface area contributed by atoms with Crippen LogP contribution in [0.2, 0.25) is 0 Å². The molecule has 1 aromatic carbocycles. The molecule has 0 bridgehead atoms. The van der Waals surface area contributed by atoms with Gasteiger partial charge in [0.25, 0.3) is 5.91 Å². The highest BCUT2D eigenvalue weighted by Gasteiger charge is 2.18. The maximum Gasteiger partial charge on any atom is 0.412 e. The average Bonchev–Trinajstić information content (AvgIpc) is 3.28. The van der Waals surface area contributed by atoms with Crippen LogP contribution in [0.3, 0.4) is 0 Å². The minimum Gasteiger partial charge on any atom is -0.454 e. The molecule has 2 aromatic heterocycles. The topological polar surface area (TPSA) is 98.4 Å². The van der Waals surface area contributed by atoms with Crippen molar-refractivity contribution in [2.24, 2.45) is 0 Å². The molecule has 2 heterocycles. The molecule has 2 N–H and O–H groups in total. The van der Waals surface area contributed by atoms with Crippen molar-refractivity contribution in [1.29, 1.82) is 0 Å². The molecule has 0 unspecified atom stereocenters. The predicted molar refractivity (Wildman–Crippen MR) is 104 cm³/mol. The number of halogens is 1. The Balaban J connectivity index is 1.66. The lowest BCUT2D eigenvalue weighted by Crippen LogP contribution is -2.27. The normalized spacial score (nSPS) is 11.2. The predicted octanol–water partition coefficient (Wildman–Crippen LogP) is 4.26. The average molecular weight is 400 g/mol. The highest BCUT2D eigenvalue weighted by atomic mass is 19.1. The number of amides is 2. The van der Waals surface area contributed by atoms with Gasteiger partial charge in [0.05, 0.1) is 12.2 Å². The van der Waals surface area contributed by atoms with Crippen molar-refractivity contribution in [3.63, 3.8) is 0 Å². The lowest BCUT2D eigenvalue weighted by molar-refractivity contribution is 0.0635. The quantitative estimate of drug-likeness (QED) is 0.667. The van der Waals surface area contributed by atoms with Gasteiger partial charge in [-0.05, 0) is 57.2 Å². The molecule has 152 valence electrons. The van der Waals surface area contributed by atoms with Crippen molar-refractivity contribution in [2.75, 3.05) is 10.6 Å². The van der Waals surface area contributed by atoms with E-state index >= 15 is 0 Å². The molecule has 3 rings (SSSR count). The summed E-state index contributed by atoms with van der Waals surface area (Å²) in [7, 11) is 0. The number of hydrogen-bond acceptors (Lipinski definition) is 5. The van der Waals surface area contributed by atoms with E-state index < -0.39 is 23.4 Å². The molecule has 0 fully saturated rings. The third-order valence-corrected chi connectivity index (χ3v) is 3.62. The minimum absolute atomic E-state index is 0.0955. The summed E-state index contributed by atoms with van der Waals surface area (Å²) in [6.07, 6.45) is 2.63. The summed E-state index contributed by atoms with van der Waals surface area (Å²) in [6.45, 7) is 5.48. The zero-order valence-corrected chi connectivity index (χ0v) is 16.2. The van der Waals surface area contributed by atoms with Crippen molar-refractivity contribution in [1.82, 2.24) is 9.78 Å². The molecule has 0 saturated carbocycles. The van der Waals surface area contributed by atoms with E-state index in [1.54, 1.807) is 50.0 Å². The van der Waals surface area contributed by atoms with Crippen molar-refractivity contribution >= 4 is 23.4 Å². The summed E-state index contributed by atoms with van der Waals surface area (Å²) in [5.74, 6) is -0.511. The molecule has 0 atom stereocenters. The molecular formula is C20H21FN4O4. The van der Waals surface area contributed by atoms with E-state index in [0.29, 0.717) is 12.3 Å². The second-order valence-corrected chi connectivity index (χ2v) is 7.25. The Morgan fingerprint density at radius 1 is 1.21 bits per heavy atom. The second-order valence-electron chi connectivity index (χ2n) is 7.25. The molecule has 0 aliphatic heterocycles. The summed E-state index contributed by atoms with van der Waals surface area (Å²) in [5.41, 5.74) is -0.553. The van der Waals surface area contributed by atoms with Crippen molar-refractivity contribution < 1.29 is 23.1 Å². The summed E-state index contributed by atoms with van der Waals surface area (Å²) in [4.78, 5) is 24.3. The van der Waals surface area contributed by atoms with Gasteiger partial charge in [-0.3, -0.25) is 14.8 Å². The molecule has 0 spiro atoms. The van der Waals surface area contributed by atoms with E-state index in [1.165, 1.54) is 18.2 Å². The van der Waals surface area contributed by atoms with Crippen molar-refractivity contribution in [3.05, 3.63) is 66.1 Å². The summed E-state index contributed by atoms with van der Waals surface area (Å²) >= 11 is 0. The molecule has 8 nitrogen and oxygen atoms in total. The largest absolute Gasteiger partial charge is 0.454 e. The van der Waals surface area contributed by atoms with Gasteiger partial charge < -0.3 is 14.5 Å². The number of nitrogens with zero attached hydrogens (tertiary/aromatic N) is 2. The van der Waals surface area contributed by atoms with Gasteiger partial charge in [-0.2, -0.15) is 5.10 Å². The zero-order valence-electron chi connectivity index (χ0n) is 16.2. The maximum absolute atomic E-state index is 14.0. The number of rotatable bonds is 5. The molecule has 3 aromatic rings. The minimum atomic E-state index is -0.797. The van der Waals surface area contributed by atoms with Gasteiger partial charge in [-0.15, -0.1) is 0 Å². The zero-order chi connectivity index (χ0) is 21.0. The number of carbonyl (C=O) groups is 2. The highest BCUT2D eigenvalue weighted by molar-refractivity contribution is 6.02. The summed E-state index contributed by atoms with van der Waals surface area (Å²) < 4.78 is 26.3. The highest BCUT2D eigenvalue weighted by Crippen LogP contribution is 2.22. The second kappa shape index (κ2) is 8.17. The van der Waals surface area contributed by atoms with E-state index in [-0.39, 0.29) is 17.1 Å². The Morgan fingerprint density at radius 2 is 2.00 bits per heavy atom. The fourth-order valence-electron chi connectivity index (χ4n) is 2.44. The SMILES string of the molecule is CC(C)(C)OC(=O)Nc1cc(NC(=O)c2ccc(Cn3cccn3)o2)ccc1F. The van der Waals surface area contributed by atoms with Crippen LogP contribution >= 0.6 is 0 Å². The number of hydrogen-bond donors (Lipinski definition) is 2. The molecular weight excluding hydrogens is 379 g/mol. The van der Waals surface area contributed by atoms with Crippen LogP contribution in [0.15, 0.2) is 53.2 Å². The first-order chi connectivity index (χ1) is 13.7. The van der Waals surface area contributed by atoms with Crippen molar-refractivity contribution in [3.8, 4) is 0 Å². The fraction of sp³-hybridized carbons (Fsp3) is 0.250. The molecule has 2 amide bonds.